The van der Waals surface area contributed by atoms with E-state index >= 15 is 0 Å². The van der Waals surface area contributed by atoms with Crippen LogP contribution >= 0.6 is 35.3 Å². The molecule has 0 radical (unpaired) electrons. The topological polar surface area (TPSA) is 75.3 Å². The summed E-state index contributed by atoms with van der Waals surface area (Å²) in [6.07, 6.45) is 0. The van der Waals surface area contributed by atoms with E-state index in [1.54, 1.807) is 7.11 Å². The van der Waals surface area contributed by atoms with E-state index in [-0.39, 0.29) is 11.2 Å². The first-order chi connectivity index (χ1) is 17.0. The van der Waals surface area contributed by atoms with Gasteiger partial charge in [-0.2, -0.15) is 0 Å². The van der Waals surface area contributed by atoms with Gasteiger partial charge in [0.25, 0.3) is 0 Å². The van der Waals surface area contributed by atoms with Gasteiger partial charge in [0.1, 0.15) is 5.75 Å². The third-order valence-electron chi connectivity index (χ3n) is 4.95. The number of aromatic nitrogens is 1. The van der Waals surface area contributed by atoms with Crippen LogP contribution in [0.4, 0.5) is 16.5 Å². The van der Waals surface area contributed by atoms with Crippen molar-refractivity contribution in [1.82, 2.24) is 4.98 Å². The average Bonchev–Trinajstić information content (AvgIpc) is 3.34. The maximum absolute atomic E-state index is 12.7. The van der Waals surface area contributed by atoms with E-state index < -0.39 is 0 Å². The van der Waals surface area contributed by atoms with Gasteiger partial charge in [0.2, 0.25) is 5.91 Å². The number of thioether (sulfide) groups is 1. The van der Waals surface area contributed by atoms with Crippen LogP contribution in [-0.4, -0.2) is 28.4 Å². The lowest BCUT2D eigenvalue weighted by molar-refractivity contribution is -0.115. The van der Waals surface area contributed by atoms with Crippen molar-refractivity contribution in [3.63, 3.8) is 0 Å². The fourth-order valence-electron chi connectivity index (χ4n) is 3.12. The molecule has 0 saturated heterocycles. The van der Waals surface area contributed by atoms with Crippen molar-refractivity contribution in [2.45, 2.75) is 17.1 Å². The molecule has 0 fully saturated rings. The van der Waals surface area contributed by atoms with Crippen molar-refractivity contribution in [2.24, 2.45) is 0 Å². The monoisotopic (exact) mass is 520 g/mol. The molecule has 35 heavy (non-hydrogen) atoms. The minimum Gasteiger partial charge on any atom is -0.497 e. The van der Waals surface area contributed by atoms with E-state index in [0.29, 0.717) is 10.2 Å². The van der Waals surface area contributed by atoms with Gasteiger partial charge in [-0.1, -0.05) is 18.2 Å². The van der Waals surface area contributed by atoms with Crippen molar-refractivity contribution in [3.8, 4) is 17.0 Å². The molecular weight excluding hydrogens is 497 g/mol. The van der Waals surface area contributed by atoms with Gasteiger partial charge in [-0.25, -0.2) is 4.98 Å². The Balaban J connectivity index is 1.28. The number of hydrogen-bond donors (Lipinski definition) is 3. The minimum atomic E-state index is -0.289. The summed E-state index contributed by atoms with van der Waals surface area (Å²) in [4.78, 5) is 18.2. The summed E-state index contributed by atoms with van der Waals surface area (Å²) in [5.74, 6) is 0.694. The number of benzene rings is 3. The van der Waals surface area contributed by atoms with E-state index in [9.17, 15) is 4.79 Å². The molecule has 9 heteroatoms. The maximum Gasteiger partial charge on any atom is 0.239 e. The Hall–Kier alpha value is -3.40. The van der Waals surface area contributed by atoms with Crippen molar-refractivity contribution >= 4 is 62.8 Å². The summed E-state index contributed by atoms with van der Waals surface area (Å²) in [6, 6.07) is 25.2. The van der Waals surface area contributed by atoms with Crippen LogP contribution in [0.15, 0.2) is 89.1 Å². The molecule has 1 heterocycles. The second-order valence-corrected chi connectivity index (χ2v) is 10.2. The highest BCUT2D eigenvalue weighted by Crippen LogP contribution is 2.29. The van der Waals surface area contributed by atoms with Crippen LogP contribution in [0.3, 0.4) is 0 Å². The van der Waals surface area contributed by atoms with E-state index in [2.05, 4.69) is 20.9 Å². The maximum atomic E-state index is 12.7. The van der Waals surface area contributed by atoms with Gasteiger partial charge >= 0.3 is 0 Å². The third kappa shape index (κ3) is 7.05. The van der Waals surface area contributed by atoms with Gasteiger partial charge in [0, 0.05) is 27.2 Å². The van der Waals surface area contributed by atoms with Crippen LogP contribution < -0.4 is 20.7 Å². The lowest BCUT2D eigenvalue weighted by Gasteiger charge is -2.12. The quantitative estimate of drug-likeness (QED) is 0.175. The van der Waals surface area contributed by atoms with Gasteiger partial charge in [-0.15, -0.1) is 23.1 Å². The molecule has 1 aromatic heterocycles. The molecule has 0 aliphatic heterocycles. The second kappa shape index (κ2) is 11.8. The number of amides is 1. The predicted molar refractivity (Wildman–Crippen MR) is 151 cm³/mol. The molecule has 178 valence electrons. The van der Waals surface area contributed by atoms with Crippen LogP contribution in [0.25, 0.3) is 11.3 Å². The molecule has 1 unspecified atom stereocenters. The van der Waals surface area contributed by atoms with Crippen LogP contribution in [-0.2, 0) is 4.79 Å². The Bertz CT molecular complexity index is 1280. The number of methoxy groups -OCH3 is 1. The largest absolute Gasteiger partial charge is 0.497 e. The highest BCUT2D eigenvalue weighted by atomic mass is 32.2. The highest BCUT2D eigenvalue weighted by Gasteiger charge is 2.16. The number of hydrogen-bond acceptors (Lipinski definition) is 6. The zero-order chi connectivity index (χ0) is 24.6. The van der Waals surface area contributed by atoms with Crippen LogP contribution in [0.2, 0.25) is 0 Å². The molecule has 4 aromatic rings. The van der Waals surface area contributed by atoms with E-state index in [1.807, 2.05) is 91.2 Å². The summed E-state index contributed by atoms with van der Waals surface area (Å²) in [7, 11) is 1.63. The number of carbonyl (C=O) groups is 1. The number of thiazole rings is 1. The molecule has 3 aromatic carbocycles. The SMILES string of the molecule is COc1ccc(-c2csc(NC(=O)C(C)Sc3ccc(NC(=S)Nc4ccccc4)cc3)n2)cc1. The first-order valence-corrected chi connectivity index (χ1v) is 13.0. The summed E-state index contributed by atoms with van der Waals surface area (Å²) in [5.41, 5.74) is 3.58. The number of ether oxygens (including phenoxy) is 1. The zero-order valence-electron chi connectivity index (χ0n) is 19.1. The summed E-state index contributed by atoms with van der Waals surface area (Å²) < 4.78 is 5.19. The van der Waals surface area contributed by atoms with Crippen LogP contribution in [0, 0.1) is 0 Å². The van der Waals surface area contributed by atoms with Gasteiger partial charge in [-0.3, -0.25) is 4.79 Å². The molecule has 6 nitrogen and oxygen atoms in total. The summed E-state index contributed by atoms with van der Waals surface area (Å²) in [6.45, 7) is 1.88. The lowest BCUT2D eigenvalue weighted by Crippen LogP contribution is -2.22. The Kier molecular flexibility index (Phi) is 8.36. The lowest BCUT2D eigenvalue weighted by atomic mass is 10.2. The molecule has 0 bridgehead atoms. The van der Waals surface area contributed by atoms with Gasteiger partial charge < -0.3 is 20.7 Å². The number of nitrogens with zero attached hydrogens (tertiary/aromatic N) is 1. The number of thiocarbonyl (C=S) groups is 1. The Morgan fingerprint density at radius 1 is 0.943 bits per heavy atom. The number of anilines is 3. The normalized spacial score (nSPS) is 11.4. The van der Waals surface area contributed by atoms with E-state index in [0.717, 1.165) is 33.3 Å². The van der Waals surface area contributed by atoms with Gasteiger partial charge in [0.15, 0.2) is 10.2 Å². The number of rotatable bonds is 8. The Labute approximate surface area is 218 Å². The van der Waals surface area contributed by atoms with Crippen molar-refractivity contribution in [3.05, 3.63) is 84.2 Å². The molecule has 0 aliphatic rings. The standard InChI is InChI=1S/C26H24N4O2S3/c1-17(24(31)30-26-29-23(16-34-26)18-8-12-21(32-2)13-9-18)35-22-14-10-20(11-15-22)28-25(33)27-19-6-4-3-5-7-19/h3-17H,1-2H3,(H2,27,28,33)(H,29,30,31). The molecule has 1 atom stereocenters. The van der Waals surface area contributed by atoms with Gasteiger partial charge in [0.05, 0.1) is 18.1 Å². The predicted octanol–water partition coefficient (Wildman–Crippen LogP) is 6.75. The Morgan fingerprint density at radius 3 is 2.26 bits per heavy atom. The van der Waals surface area contributed by atoms with E-state index in [1.165, 1.54) is 23.1 Å². The highest BCUT2D eigenvalue weighted by molar-refractivity contribution is 8.00. The third-order valence-corrected chi connectivity index (χ3v) is 7.02. The van der Waals surface area contributed by atoms with Crippen LogP contribution in [0.5, 0.6) is 5.75 Å². The molecule has 0 spiro atoms. The first-order valence-electron chi connectivity index (χ1n) is 10.8. The van der Waals surface area contributed by atoms with Crippen molar-refractivity contribution in [1.29, 1.82) is 0 Å². The second-order valence-electron chi connectivity index (χ2n) is 7.49. The number of para-hydroxylation sites is 1. The minimum absolute atomic E-state index is 0.0962. The molecular formula is C26H24N4O2S3. The Morgan fingerprint density at radius 2 is 1.60 bits per heavy atom. The first kappa shape index (κ1) is 24.7. The zero-order valence-corrected chi connectivity index (χ0v) is 21.6. The summed E-state index contributed by atoms with van der Waals surface area (Å²) in [5, 5.41) is 12.0. The van der Waals surface area contributed by atoms with Crippen molar-refractivity contribution < 1.29 is 9.53 Å². The molecule has 3 N–H and O–H groups in total. The molecule has 0 aliphatic carbocycles. The molecule has 4 rings (SSSR count). The molecule has 0 saturated carbocycles. The smallest absolute Gasteiger partial charge is 0.239 e. The number of carbonyl (C=O) groups excluding carboxylic acids is 1. The van der Waals surface area contributed by atoms with E-state index in [4.69, 9.17) is 17.0 Å². The fourth-order valence-corrected chi connectivity index (χ4v) is 4.95. The van der Waals surface area contributed by atoms with Crippen LogP contribution in [0.1, 0.15) is 6.92 Å². The average molecular weight is 521 g/mol. The van der Waals surface area contributed by atoms with Gasteiger partial charge in [-0.05, 0) is 79.8 Å². The fraction of sp³-hybridized carbons (Fsp3) is 0.115. The number of nitrogens with one attached hydrogen (secondary N) is 3. The molecule has 1 amide bonds. The summed E-state index contributed by atoms with van der Waals surface area (Å²) >= 11 is 8.26. The van der Waals surface area contributed by atoms with Crippen molar-refractivity contribution in [2.75, 3.05) is 23.1 Å².